The number of nitrogens with two attached hydrogens (primary N) is 2. The van der Waals surface area contributed by atoms with E-state index in [9.17, 15) is 4.79 Å². The number of nitrogens with zero attached hydrogens (tertiary/aromatic N) is 1. The van der Waals surface area contributed by atoms with Gasteiger partial charge in [0.05, 0.1) is 5.54 Å². The van der Waals surface area contributed by atoms with Gasteiger partial charge in [0.25, 0.3) is 0 Å². The van der Waals surface area contributed by atoms with Gasteiger partial charge in [-0.1, -0.05) is 19.8 Å². The van der Waals surface area contributed by atoms with Crippen molar-refractivity contribution in [3.63, 3.8) is 0 Å². The molecule has 2 rings (SSSR count). The largest absolute Gasteiger partial charge is 0.368 e. The molecule has 0 spiro atoms. The molecule has 1 aliphatic carbocycles. The zero-order valence-corrected chi connectivity index (χ0v) is 12.2. The third kappa shape index (κ3) is 3.29. The molecule has 0 aromatic rings. The van der Waals surface area contributed by atoms with Gasteiger partial charge in [-0.25, -0.2) is 0 Å². The average Bonchev–Trinajstić information content (AvgIpc) is 2.79. The average molecular weight is 267 g/mol. The fraction of sp³-hybridized carbons (Fsp3) is 0.933. The highest BCUT2D eigenvalue weighted by atomic mass is 16.1. The smallest absolute Gasteiger partial charge is 0.237 e. The van der Waals surface area contributed by atoms with Gasteiger partial charge >= 0.3 is 0 Å². The zero-order valence-electron chi connectivity index (χ0n) is 12.2. The minimum atomic E-state index is -0.736. The molecule has 19 heavy (non-hydrogen) atoms. The maximum absolute atomic E-state index is 11.6. The monoisotopic (exact) mass is 267 g/mol. The number of likely N-dealkylation sites (tertiary alicyclic amines) is 1. The van der Waals surface area contributed by atoms with Crippen LogP contribution in [0.4, 0.5) is 0 Å². The molecule has 0 aromatic heterocycles. The summed E-state index contributed by atoms with van der Waals surface area (Å²) in [4.78, 5) is 14.1. The van der Waals surface area contributed by atoms with Crippen LogP contribution in [0.3, 0.4) is 0 Å². The van der Waals surface area contributed by atoms with Crippen molar-refractivity contribution in [3.8, 4) is 0 Å². The number of hydrogen-bond donors (Lipinski definition) is 2. The quantitative estimate of drug-likeness (QED) is 0.792. The summed E-state index contributed by atoms with van der Waals surface area (Å²) >= 11 is 0. The first kappa shape index (κ1) is 14.8. The Morgan fingerprint density at radius 1 is 1.37 bits per heavy atom. The topological polar surface area (TPSA) is 72.3 Å². The molecule has 3 unspecified atom stereocenters. The van der Waals surface area contributed by atoms with E-state index in [1.807, 2.05) is 0 Å². The Bertz CT molecular complexity index is 321. The molecule has 2 aliphatic rings. The first-order valence-electron chi connectivity index (χ1n) is 7.87. The first-order chi connectivity index (χ1) is 9.06. The lowest BCUT2D eigenvalue weighted by Crippen LogP contribution is -2.55. The summed E-state index contributed by atoms with van der Waals surface area (Å²) in [7, 11) is 0. The predicted molar refractivity (Wildman–Crippen MR) is 77.5 cm³/mol. The molecule has 4 nitrogen and oxygen atoms in total. The van der Waals surface area contributed by atoms with Gasteiger partial charge in [0, 0.05) is 6.54 Å². The lowest BCUT2D eigenvalue weighted by Gasteiger charge is -2.34. The first-order valence-corrected chi connectivity index (χ1v) is 7.87. The number of piperidine rings is 1. The summed E-state index contributed by atoms with van der Waals surface area (Å²) < 4.78 is 0. The van der Waals surface area contributed by atoms with Crippen molar-refractivity contribution < 1.29 is 4.79 Å². The van der Waals surface area contributed by atoms with E-state index in [2.05, 4.69) is 11.8 Å². The third-order valence-corrected chi connectivity index (χ3v) is 5.30. The van der Waals surface area contributed by atoms with Gasteiger partial charge in [0.1, 0.15) is 0 Å². The number of rotatable bonds is 5. The Balaban J connectivity index is 1.83. The molecular weight excluding hydrogens is 238 g/mol. The maximum atomic E-state index is 11.6. The van der Waals surface area contributed by atoms with Crippen LogP contribution in [0.25, 0.3) is 0 Å². The summed E-state index contributed by atoms with van der Waals surface area (Å²) in [6.45, 7) is 5.78. The van der Waals surface area contributed by atoms with Gasteiger partial charge in [-0.3, -0.25) is 4.79 Å². The highest BCUT2D eigenvalue weighted by Gasteiger charge is 2.44. The molecule has 110 valence electrons. The van der Waals surface area contributed by atoms with Crippen LogP contribution in [-0.4, -0.2) is 36.0 Å². The van der Waals surface area contributed by atoms with Gasteiger partial charge in [-0.05, 0) is 57.0 Å². The molecule has 1 aliphatic heterocycles. The SMILES string of the molecule is CCC1CCCN(CCC2CCCC2(N)C(N)=O)C1. The molecule has 1 heterocycles. The van der Waals surface area contributed by atoms with Crippen molar-refractivity contribution in [2.24, 2.45) is 23.3 Å². The number of carbonyl (C=O) groups is 1. The fourth-order valence-electron chi connectivity index (χ4n) is 3.85. The van der Waals surface area contributed by atoms with E-state index in [-0.39, 0.29) is 11.8 Å². The Hall–Kier alpha value is -0.610. The number of hydrogen-bond acceptors (Lipinski definition) is 3. The van der Waals surface area contributed by atoms with E-state index in [1.165, 1.54) is 32.4 Å². The van der Waals surface area contributed by atoms with Crippen LogP contribution in [0.1, 0.15) is 51.9 Å². The summed E-state index contributed by atoms with van der Waals surface area (Å²) in [5.41, 5.74) is 11.0. The van der Waals surface area contributed by atoms with E-state index in [0.29, 0.717) is 0 Å². The van der Waals surface area contributed by atoms with Gasteiger partial charge in [0.15, 0.2) is 0 Å². The molecule has 4 N–H and O–H groups in total. The second-order valence-electron chi connectivity index (χ2n) is 6.50. The van der Waals surface area contributed by atoms with Crippen molar-refractivity contribution in [1.82, 2.24) is 4.90 Å². The van der Waals surface area contributed by atoms with Gasteiger partial charge < -0.3 is 16.4 Å². The third-order valence-electron chi connectivity index (χ3n) is 5.30. The number of carbonyl (C=O) groups excluding carboxylic acids is 1. The van der Waals surface area contributed by atoms with Gasteiger partial charge in [-0.15, -0.1) is 0 Å². The summed E-state index contributed by atoms with van der Waals surface area (Å²) in [5, 5.41) is 0. The molecule has 3 atom stereocenters. The lowest BCUT2D eigenvalue weighted by atomic mass is 9.84. The molecule has 1 amide bonds. The van der Waals surface area contributed by atoms with Crippen LogP contribution in [0.5, 0.6) is 0 Å². The van der Waals surface area contributed by atoms with E-state index in [0.717, 1.165) is 38.1 Å². The molecular formula is C15H29N3O. The van der Waals surface area contributed by atoms with Gasteiger partial charge in [-0.2, -0.15) is 0 Å². The Morgan fingerprint density at radius 3 is 2.84 bits per heavy atom. The molecule has 1 saturated carbocycles. The van der Waals surface area contributed by atoms with Crippen LogP contribution in [-0.2, 0) is 4.79 Å². The number of amides is 1. The minimum absolute atomic E-state index is 0.284. The highest BCUT2D eigenvalue weighted by Crippen LogP contribution is 2.36. The Labute approximate surface area is 116 Å². The van der Waals surface area contributed by atoms with E-state index >= 15 is 0 Å². The standard InChI is InChI=1S/C15H29N3O/c1-2-12-5-4-9-18(11-12)10-7-13-6-3-8-15(13,17)14(16)19/h12-13H,2-11,17H2,1H3,(H2,16,19). The number of primary amides is 1. The van der Waals surface area contributed by atoms with E-state index in [4.69, 9.17) is 11.5 Å². The van der Waals surface area contributed by atoms with Crippen molar-refractivity contribution in [3.05, 3.63) is 0 Å². The molecule has 0 bridgehead atoms. The Morgan fingerprint density at radius 2 is 2.16 bits per heavy atom. The van der Waals surface area contributed by atoms with Crippen molar-refractivity contribution in [2.45, 2.75) is 57.4 Å². The van der Waals surface area contributed by atoms with Gasteiger partial charge in [0.2, 0.25) is 5.91 Å². The van der Waals surface area contributed by atoms with Crippen LogP contribution < -0.4 is 11.5 Å². The summed E-state index contributed by atoms with van der Waals surface area (Å²) in [5.74, 6) is 0.836. The van der Waals surface area contributed by atoms with Crippen molar-refractivity contribution in [1.29, 1.82) is 0 Å². The molecule has 0 radical (unpaired) electrons. The molecule has 4 heteroatoms. The minimum Gasteiger partial charge on any atom is -0.368 e. The predicted octanol–water partition coefficient (Wildman–Crippen LogP) is 1.48. The van der Waals surface area contributed by atoms with Crippen LogP contribution in [0, 0.1) is 11.8 Å². The van der Waals surface area contributed by atoms with Crippen molar-refractivity contribution >= 4 is 5.91 Å². The summed E-state index contributed by atoms with van der Waals surface area (Å²) in [6, 6.07) is 0. The lowest BCUT2D eigenvalue weighted by molar-refractivity contribution is -0.124. The Kier molecular flexibility index (Phi) is 4.85. The highest BCUT2D eigenvalue weighted by molar-refractivity contribution is 5.85. The fourth-order valence-corrected chi connectivity index (χ4v) is 3.85. The van der Waals surface area contributed by atoms with Crippen LogP contribution in [0.2, 0.25) is 0 Å². The summed E-state index contributed by atoms with van der Waals surface area (Å²) in [6.07, 6.45) is 7.86. The van der Waals surface area contributed by atoms with Crippen LogP contribution in [0.15, 0.2) is 0 Å². The van der Waals surface area contributed by atoms with Crippen molar-refractivity contribution in [2.75, 3.05) is 19.6 Å². The normalized spacial score (nSPS) is 36.5. The van der Waals surface area contributed by atoms with E-state index in [1.54, 1.807) is 0 Å². The van der Waals surface area contributed by atoms with E-state index < -0.39 is 5.54 Å². The molecule has 0 aromatic carbocycles. The second-order valence-corrected chi connectivity index (χ2v) is 6.50. The maximum Gasteiger partial charge on any atom is 0.237 e. The zero-order chi connectivity index (χ0) is 13.9. The second kappa shape index (κ2) is 6.23. The molecule has 1 saturated heterocycles. The van der Waals surface area contributed by atoms with Crippen LogP contribution >= 0.6 is 0 Å². The molecule has 2 fully saturated rings.